The summed E-state index contributed by atoms with van der Waals surface area (Å²) in [5.41, 5.74) is 5.92. The fourth-order valence-corrected chi connectivity index (χ4v) is 4.26. The van der Waals surface area contributed by atoms with Crippen LogP contribution in [-0.4, -0.2) is 4.98 Å². The minimum atomic E-state index is 0.544. The largest absolute Gasteiger partial charge is 0.241 e. The first-order valence-corrected chi connectivity index (χ1v) is 8.86. The van der Waals surface area contributed by atoms with Gasteiger partial charge in [-0.25, -0.2) is 4.98 Å². The van der Waals surface area contributed by atoms with Gasteiger partial charge >= 0.3 is 0 Å². The standard InChI is InChI=1S/C19H25NS/c1-13-11-16(18-20-14(2)12-21-18)5-6-17(13)15-7-9-19(3,4)10-8-15/h5-6,11-12,15H,7-10H2,1-4H3. The SMILES string of the molecule is Cc1csc(-c2ccc(C3CCC(C)(C)CC3)c(C)c2)n1. The maximum atomic E-state index is 4.60. The molecule has 1 aromatic carbocycles. The fraction of sp³-hybridized carbons (Fsp3) is 0.526. The molecule has 1 nitrogen and oxygen atoms in total. The van der Waals surface area contributed by atoms with Gasteiger partial charge in [0.15, 0.2) is 0 Å². The molecule has 0 aliphatic heterocycles. The van der Waals surface area contributed by atoms with Gasteiger partial charge in [-0.2, -0.15) is 0 Å². The first-order chi connectivity index (χ1) is 9.94. The van der Waals surface area contributed by atoms with Crippen molar-refractivity contribution in [2.45, 2.75) is 59.3 Å². The Morgan fingerprint density at radius 1 is 1.14 bits per heavy atom. The predicted octanol–water partition coefficient (Wildman–Crippen LogP) is 6.11. The number of hydrogen-bond donors (Lipinski definition) is 0. The van der Waals surface area contributed by atoms with Gasteiger partial charge in [0.25, 0.3) is 0 Å². The van der Waals surface area contributed by atoms with Gasteiger partial charge in [-0.3, -0.25) is 0 Å². The van der Waals surface area contributed by atoms with Gasteiger partial charge in [-0.05, 0) is 68.1 Å². The van der Waals surface area contributed by atoms with Crippen LogP contribution in [0.15, 0.2) is 23.6 Å². The van der Waals surface area contributed by atoms with Crippen LogP contribution in [0, 0.1) is 19.3 Å². The average molecular weight is 299 g/mol. The zero-order valence-electron chi connectivity index (χ0n) is 13.6. The van der Waals surface area contributed by atoms with Crippen LogP contribution in [0.4, 0.5) is 0 Å². The van der Waals surface area contributed by atoms with E-state index in [1.54, 1.807) is 16.9 Å². The van der Waals surface area contributed by atoms with Crippen LogP contribution in [0.1, 0.15) is 62.3 Å². The van der Waals surface area contributed by atoms with Crippen LogP contribution >= 0.6 is 11.3 Å². The van der Waals surface area contributed by atoms with Crippen LogP contribution in [0.2, 0.25) is 0 Å². The maximum absolute atomic E-state index is 4.60. The number of thiazole rings is 1. The third-order valence-electron chi connectivity index (χ3n) is 4.91. The molecule has 2 heteroatoms. The summed E-state index contributed by atoms with van der Waals surface area (Å²) >= 11 is 1.74. The van der Waals surface area contributed by atoms with E-state index < -0.39 is 0 Å². The molecule has 0 amide bonds. The summed E-state index contributed by atoms with van der Waals surface area (Å²) in [6.45, 7) is 9.14. The molecule has 1 aromatic heterocycles. The minimum absolute atomic E-state index is 0.544. The highest BCUT2D eigenvalue weighted by atomic mass is 32.1. The molecule has 0 saturated heterocycles. The van der Waals surface area contributed by atoms with Crippen molar-refractivity contribution in [3.63, 3.8) is 0 Å². The first kappa shape index (κ1) is 14.8. The van der Waals surface area contributed by atoms with E-state index in [9.17, 15) is 0 Å². The van der Waals surface area contributed by atoms with Gasteiger partial charge in [-0.15, -0.1) is 11.3 Å². The molecular weight excluding hydrogens is 274 g/mol. The molecule has 1 heterocycles. The van der Waals surface area contributed by atoms with E-state index in [2.05, 4.69) is 56.3 Å². The molecule has 0 radical (unpaired) electrons. The fourth-order valence-electron chi connectivity index (χ4n) is 3.46. The zero-order valence-corrected chi connectivity index (χ0v) is 14.4. The van der Waals surface area contributed by atoms with Crippen LogP contribution < -0.4 is 0 Å². The summed E-state index contributed by atoms with van der Waals surface area (Å²) < 4.78 is 0. The van der Waals surface area contributed by atoms with Gasteiger partial charge in [0.05, 0.1) is 0 Å². The van der Waals surface area contributed by atoms with E-state index in [0.717, 1.165) is 16.6 Å². The summed E-state index contributed by atoms with van der Waals surface area (Å²) in [6, 6.07) is 6.94. The Morgan fingerprint density at radius 3 is 2.43 bits per heavy atom. The highest BCUT2D eigenvalue weighted by Crippen LogP contribution is 2.43. The second-order valence-electron chi connectivity index (χ2n) is 7.30. The lowest BCUT2D eigenvalue weighted by Crippen LogP contribution is -2.20. The maximum Gasteiger partial charge on any atom is 0.123 e. The van der Waals surface area contributed by atoms with Crippen LogP contribution in [0.3, 0.4) is 0 Å². The summed E-state index contributed by atoms with van der Waals surface area (Å²) in [6.07, 6.45) is 5.38. The molecule has 0 bridgehead atoms. The lowest BCUT2D eigenvalue weighted by molar-refractivity contribution is 0.224. The number of aryl methyl sites for hydroxylation is 2. The Kier molecular flexibility index (Phi) is 3.92. The molecule has 1 saturated carbocycles. The van der Waals surface area contributed by atoms with Crippen molar-refractivity contribution < 1.29 is 0 Å². The van der Waals surface area contributed by atoms with Crippen LogP contribution in [0.5, 0.6) is 0 Å². The van der Waals surface area contributed by atoms with E-state index >= 15 is 0 Å². The zero-order chi connectivity index (χ0) is 15.0. The Hall–Kier alpha value is -1.15. The average Bonchev–Trinajstić information content (AvgIpc) is 2.86. The molecule has 1 aliphatic carbocycles. The first-order valence-electron chi connectivity index (χ1n) is 7.98. The lowest BCUT2D eigenvalue weighted by Gasteiger charge is -2.35. The van der Waals surface area contributed by atoms with Crippen molar-refractivity contribution in [2.75, 3.05) is 0 Å². The molecule has 2 aromatic rings. The number of nitrogens with zero attached hydrogens (tertiary/aromatic N) is 1. The van der Waals surface area contributed by atoms with Gasteiger partial charge < -0.3 is 0 Å². The van der Waals surface area contributed by atoms with Gasteiger partial charge in [0.1, 0.15) is 5.01 Å². The van der Waals surface area contributed by atoms with E-state index in [-0.39, 0.29) is 0 Å². The monoisotopic (exact) mass is 299 g/mol. The molecular formula is C19H25NS. The lowest BCUT2D eigenvalue weighted by atomic mass is 9.70. The van der Waals surface area contributed by atoms with Crippen LogP contribution in [-0.2, 0) is 0 Å². The van der Waals surface area contributed by atoms with E-state index in [0.29, 0.717) is 5.41 Å². The van der Waals surface area contributed by atoms with E-state index in [4.69, 9.17) is 0 Å². The second-order valence-corrected chi connectivity index (χ2v) is 8.16. The van der Waals surface area contributed by atoms with Crippen molar-refractivity contribution in [1.29, 1.82) is 0 Å². The number of rotatable bonds is 2. The minimum Gasteiger partial charge on any atom is -0.241 e. The van der Waals surface area contributed by atoms with Crippen molar-refractivity contribution >= 4 is 11.3 Å². The molecule has 0 unspecified atom stereocenters. The Bertz CT molecular complexity index is 629. The molecule has 21 heavy (non-hydrogen) atoms. The summed E-state index contributed by atoms with van der Waals surface area (Å²) in [5, 5.41) is 3.27. The smallest absolute Gasteiger partial charge is 0.123 e. The Balaban J connectivity index is 1.82. The molecule has 3 rings (SSSR count). The Labute approximate surface area is 132 Å². The topological polar surface area (TPSA) is 12.9 Å². The number of hydrogen-bond acceptors (Lipinski definition) is 2. The third-order valence-corrected chi connectivity index (χ3v) is 5.92. The van der Waals surface area contributed by atoms with Crippen molar-refractivity contribution in [3.8, 4) is 10.6 Å². The van der Waals surface area contributed by atoms with E-state index in [1.807, 2.05) is 0 Å². The quantitative estimate of drug-likeness (QED) is 0.652. The van der Waals surface area contributed by atoms with Crippen LogP contribution in [0.25, 0.3) is 10.6 Å². The van der Waals surface area contributed by atoms with Gasteiger partial charge in [0, 0.05) is 16.6 Å². The third kappa shape index (κ3) is 3.21. The van der Waals surface area contributed by atoms with Gasteiger partial charge in [0.2, 0.25) is 0 Å². The second kappa shape index (κ2) is 5.57. The summed E-state index contributed by atoms with van der Waals surface area (Å²) in [5.74, 6) is 0.755. The Morgan fingerprint density at radius 2 is 1.86 bits per heavy atom. The molecule has 1 fully saturated rings. The predicted molar refractivity (Wildman–Crippen MR) is 92.0 cm³/mol. The highest BCUT2D eigenvalue weighted by molar-refractivity contribution is 7.13. The van der Waals surface area contributed by atoms with E-state index in [1.165, 1.54) is 36.8 Å². The van der Waals surface area contributed by atoms with Crippen molar-refractivity contribution in [1.82, 2.24) is 4.98 Å². The number of aromatic nitrogens is 1. The molecule has 0 atom stereocenters. The molecule has 0 spiro atoms. The molecule has 112 valence electrons. The summed E-state index contributed by atoms with van der Waals surface area (Å²) in [4.78, 5) is 4.60. The molecule has 1 aliphatic rings. The van der Waals surface area contributed by atoms with Crippen molar-refractivity contribution in [3.05, 3.63) is 40.4 Å². The van der Waals surface area contributed by atoms with Crippen molar-refractivity contribution in [2.24, 2.45) is 5.41 Å². The van der Waals surface area contributed by atoms with Gasteiger partial charge in [-0.1, -0.05) is 26.0 Å². The highest BCUT2D eigenvalue weighted by Gasteiger charge is 2.28. The molecule has 0 N–H and O–H groups in total. The summed E-state index contributed by atoms with van der Waals surface area (Å²) in [7, 11) is 0. The number of benzene rings is 1. The normalized spacial score (nSPS) is 18.9.